The molecule has 1 nitrogen and oxygen atoms in total. The molecule has 0 spiro atoms. The molecule has 0 aromatic heterocycles. The first kappa shape index (κ1) is 12.8. The van der Waals surface area contributed by atoms with Crippen molar-refractivity contribution in [1.82, 2.24) is 0 Å². The van der Waals surface area contributed by atoms with Crippen molar-refractivity contribution in [3.8, 4) is 0 Å². The van der Waals surface area contributed by atoms with E-state index in [9.17, 15) is 0 Å². The maximum Gasteiger partial charge on any atom is 0.0382 e. The van der Waals surface area contributed by atoms with E-state index in [0.717, 1.165) is 17.9 Å². The molecule has 0 heterocycles. The number of hydrogen-bond acceptors (Lipinski definition) is 1. The molecule has 2 aliphatic carbocycles. The first-order valence-corrected chi connectivity index (χ1v) is 8.35. The third kappa shape index (κ3) is 2.40. The summed E-state index contributed by atoms with van der Waals surface area (Å²) in [6, 6.07) is 7.37. The molecule has 2 fully saturated rings. The Morgan fingerprint density at radius 3 is 2.22 bits per heavy atom. The Kier molecular flexibility index (Phi) is 3.83. The molecular formula is C16H22IN. The number of anilines is 1. The SMILES string of the molecule is Cc1c(I)cccc1NC(C1CCC1)C1CCC1. The minimum absolute atomic E-state index is 0.740. The van der Waals surface area contributed by atoms with Crippen molar-refractivity contribution in [2.24, 2.45) is 11.8 Å². The minimum atomic E-state index is 0.740. The van der Waals surface area contributed by atoms with Gasteiger partial charge in [-0.15, -0.1) is 0 Å². The quantitative estimate of drug-likeness (QED) is 0.751. The van der Waals surface area contributed by atoms with Gasteiger partial charge >= 0.3 is 0 Å². The maximum atomic E-state index is 3.89. The van der Waals surface area contributed by atoms with Gasteiger partial charge in [-0.2, -0.15) is 0 Å². The van der Waals surface area contributed by atoms with Crippen LogP contribution in [0, 0.1) is 22.3 Å². The number of nitrogens with one attached hydrogen (secondary N) is 1. The topological polar surface area (TPSA) is 12.0 Å². The lowest BCUT2D eigenvalue weighted by Gasteiger charge is -2.43. The van der Waals surface area contributed by atoms with Crippen LogP contribution in [0.15, 0.2) is 18.2 Å². The molecule has 1 N–H and O–H groups in total. The summed E-state index contributed by atoms with van der Waals surface area (Å²) in [6.07, 6.45) is 8.66. The van der Waals surface area contributed by atoms with E-state index in [1.807, 2.05) is 0 Å². The molecule has 18 heavy (non-hydrogen) atoms. The van der Waals surface area contributed by atoms with Crippen LogP contribution in [0.1, 0.15) is 44.1 Å². The molecule has 1 aromatic carbocycles. The highest BCUT2D eigenvalue weighted by Gasteiger charge is 2.36. The first-order valence-electron chi connectivity index (χ1n) is 7.27. The second kappa shape index (κ2) is 5.40. The molecule has 2 heteroatoms. The summed E-state index contributed by atoms with van der Waals surface area (Å²) in [5.41, 5.74) is 2.78. The second-order valence-electron chi connectivity index (χ2n) is 5.96. The van der Waals surface area contributed by atoms with Crippen LogP contribution in [0.4, 0.5) is 5.69 Å². The Morgan fingerprint density at radius 1 is 1.11 bits per heavy atom. The lowest BCUT2D eigenvalue weighted by atomic mass is 9.68. The third-order valence-corrected chi connectivity index (χ3v) is 6.07. The van der Waals surface area contributed by atoms with Gasteiger partial charge in [0.1, 0.15) is 0 Å². The van der Waals surface area contributed by atoms with Crippen molar-refractivity contribution in [3.05, 3.63) is 27.3 Å². The van der Waals surface area contributed by atoms with Gasteiger partial charge in [0.2, 0.25) is 0 Å². The molecule has 0 amide bonds. The number of hydrogen-bond donors (Lipinski definition) is 1. The van der Waals surface area contributed by atoms with Crippen LogP contribution < -0.4 is 5.32 Å². The van der Waals surface area contributed by atoms with Gasteiger partial charge in [0.15, 0.2) is 0 Å². The van der Waals surface area contributed by atoms with E-state index in [0.29, 0.717) is 0 Å². The molecule has 0 atom stereocenters. The molecule has 1 aromatic rings. The predicted octanol–water partition coefficient (Wildman–Crippen LogP) is 4.98. The summed E-state index contributed by atoms with van der Waals surface area (Å²) in [5.74, 6) is 1.88. The Labute approximate surface area is 124 Å². The summed E-state index contributed by atoms with van der Waals surface area (Å²) in [4.78, 5) is 0. The molecule has 0 aliphatic heterocycles. The van der Waals surface area contributed by atoms with Crippen molar-refractivity contribution < 1.29 is 0 Å². The molecule has 2 aliphatic rings. The second-order valence-corrected chi connectivity index (χ2v) is 7.13. The van der Waals surface area contributed by atoms with Crippen molar-refractivity contribution >= 4 is 28.3 Å². The lowest BCUT2D eigenvalue weighted by Crippen LogP contribution is -2.42. The van der Waals surface area contributed by atoms with Crippen molar-refractivity contribution in [2.75, 3.05) is 5.32 Å². The summed E-state index contributed by atoms with van der Waals surface area (Å²) < 4.78 is 1.37. The van der Waals surface area contributed by atoms with Crippen LogP contribution in [-0.4, -0.2) is 6.04 Å². The van der Waals surface area contributed by atoms with Crippen LogP contribution in [0.5, 0.6) is 0 Å². The lowest BCUT2D eigenvalue weighted by molar-refractivity contribution is 0.166. The maximum absolute atomic E-state index is 3.89. The Balaban J connectivity index is 1.76. The molecule has 3 rings (SSSR count). The summed E-state index contributed by atoms with van der Waals surface area (Å²) in [5, 5.41) is 3.89. The average molecular weight is 355 g/mol. The van der Waals surface area contributed by atoms with Crippen LogP contribution in [-0.2, 0) is 0 Å². The van der Waals surface area contributed by atoms with E-state index in [1.165, 1.54) is 53.3 Å². The molecule has 0 radical (unpaired) electrons. The van der Waals surface area contributed by atoms with Gasteiger partial charge in [0.05, 0.1) is 0 Å². The highest BCUT2D eigenvalue weighted by atomic mass is 127. The van der Waals surface area contributed by atoms with Gasteiger partial charge in [-0.1, -0.05) is 18.9 Å². The monoisotopic (exact) mass is 355 g/mol. The largest absolute Gasteiger partial charge is 0.382 e. The van der Waals surface area contributed by atoms with Crippen molar-refractivity contribution in [1.29, 1.82) is 0 Å². The smallest absolute Gasteiger partial charge is 0.0382 e. The summed E-state index contributed by atoms with van der Waals surface area (Å²) >= 11 is 2.44. The Hall–Kier alpha value is -0.250. The summed E-state index contributed by atoms with van der Waals surface area (Å²) in [7, 11) is 0. The van der Waals surface area contributed by atoms with Crippen LogP contribution in [0.3, 0.4) is 0 Å². The fourth-order valence-electron chi connectivity index (χ4n) is 3.16. The van der Waals surface area contributed by atoms with Crippen LogP contribution >= 0.6 is 22.6 Å². The summed E-state index contributed by atoms with van der Waals surface area (Å²) in [6.45, 7) is 2.24. The molecule has 2 saturated carbocycles. The van der Waals surface area contributed by atoms with Crippen molar-refractivity contribution in [3.63, 3.8) is 0 Å². The van der Waals surface area contributed by atoms with E-state index in [2.05, 4.69) is 53.0 Å². The Morgan fingerprint density at radius 2 is 1.72 bits per heavy atom. The highest BCUT2D eigenvalue weighted by Crippen LogP contribution is 2.41. The minimum Gasteiger partial charge on any atom is -0.382 e. The van der Waals surface area contributed by atoms with Gasteiger partial charge in [0, 0.05) is 15.3 Å². The van der Waals surface area contributed by atoms with Gasteiger partial charge in [-0.3, -0.25) is 0 Å². The van der Waals surface area contributed by atoms with Gasteiger partial charge in [-0.05, 0) is 84.7 Å². The highest BCUT2D eigenvalue weighted by molar-refractivity contribution is 14.1. The molecule has 0 saturated heterocycles. The molecule has 0 bridgehead atoms. The van der Waals surface area contributed by atoms with Gasteiger partial charge < -0.3 is 5.32 Å². The number of halogens is 1. The number of rotatable bonds is 4. The fraction of sp³-hybridized carbons (Fsp3) is 0.625. The van der Waals surface area contributed by atoms with E-state index < -0.39 is 0 Å². The standard InChI is InChI=1S/C16H22IN/c1-11-14(17)9-4-10-15(11)18-16(12-5-2-6-12)13-7-3-8-13/h4,9-10,12-13,16,18H,2-3,5-8H2,1H3. The van der Waals surface area contributed by atoms with Crippen LogP contribution in [0.25, 0.3) is 0 Å². The van der Waals surface area contributed by atoms with E-state index in [-0.39, 0.29) is 0 Å². The molecule has 0 unspecified atom stereocenters. The zero-order valence-corrected chi connectivity index (χ0v) is 13.2. The number of benzene rings is 1. The molecule has 98 valence electrons. The van der Waals surface area contributed by atoms with Gasteiger partial charge in [-0.25, -0.2) is 0 Å². The first-order chi connectivity index (χ1) is 8.75. The molecular weight excluding hydrogens is 333 g/mol. The van der Waals surface area contributed by atoms with E-state index in [1.54, 1.807) is 0 Å². The zero-order valence-electron chi connectivity index (χ0n) is 11.1. The third-order valence-electron chi connectivity index (χ3n) is 4.91. The Bertz CT molecular complexity index is 407. The predicted molar refractivity (Wildman–Crippen MR) is 86.0 cm³/mol. The van der Waals surface area contributed by atoms with E-state index in [4.69, 9.17) is 0 Å². The normalized spacial score (nSPS) is 20.6. The van der Waals surface area contributed by atoms with Crippen molar-refractivity contribution in [2.45, 2.75) is 51.5 Å². The van der Waals surface area contributed by atoms with Gasteiger partial charge in [0.25, 0.3) is 0 Å². The fourth-order valence-corrected chi connectivity index (χ4v) is 3.66. The zero-order chi connectivity index (χ0) is 12.5. The van der Waals surface area contributed by atoms with Crippen LogP contribution in [0.2, 0.25) is 0 Å². The van der Waals surface area contributed by atoms with E-state index >= 15 is 0 Å². The average Bonchev–Trinajstić information content (AvgIpc) is 2.19.